The minimum atomic E-state index is -0.549. The summed E-state index contributed by atoms with van der Waals surface area (Å²) >= 11 is 0. The lowest BCUT2D eigenvalue weighted by Gasteiger charge is -2.67. The lowest BCUT2D eigenvalue weighted by molar-refractivity contribution is -0.161. The summed E-state index contributed by atoms with van der Waals surface area (Å²) in [6.45, 7) is 5.55. The molecule has 5 fully saturated rings. The van der Waals surface area contributed by atoms with Gasteiger partial charge in [-0.05, 0) is 67.6 Å². The van der Waals surface area contributed by atoms with Gasteiger partial charge in [-0.15, -0.1) is 0 Å². The zero-order valence-electron chi connectivity index (χ0n) is 14.0. The van der Waals surface area contributed by atoms with Crippen molar-refractivity contribution in [1.29, 1.82) is 0 Å². The number of aliphatic hydroxyl groups is 1. The molecule has 2 bridgehead atoms. The standard InChI is InChI=1S/C19H28O2.H2O/c1-16-6-8-18(9-7-16)13(11-16)10-14-15-17(18,2)4-3-5-19(15,20)12-21-14;/h10,14-15,20H,3-9,11-12H2,1-2H3;1H2/t14-,15-,16?,17+,18?,19+;/m1./s1. The Morgan fingerprint density at radius 1 is 1.09 bits per heavy atom. The molecule has 1 spiro atoms. The Hall–Kier alpha value is -0.380. The Kier molecular flexibility index (Phi) is 2.88. The van der Waals surface area contributed by atoms with Gasteiger partial charge in [0.2, 0.25) is 0 Å². The molecule has 4 saturated carbocycles. The van der Waals surface area contributed by atoms with Crippen molar-refractivity contribution in [1.82, 2.24) is 0 Å². The van der Waals surface area contributed by atoms with Crippen molar-refractivity contribution in [3.05, 3.63) is 11.6 Å². The zero-order valence-corrected chi connectivity index (χ0v) is 14.0. The van der Waals surface area contributed by atoms with Crippen molar-refractivity contribution in [3.8, 4) is 0 Å². The molecule has 0 aromatic rings. The summed E-state index contributed by atoms with van der Waals surface area (Å²) in [5, 5.41) is 11.2. The summed E-state index contributed by atoms with van der Waals surface area (Å²) in [4.78, 5) is 0. The average Bonchev–Trinajstić information content (AvgIpc) is 2.77. The molecule has 1 heterocycles. The zero-order chi connectivity index (χ0) is 14.5. The first-order chi connectivity index (χ1) is 9.91. The van der Waals surface area contributed by atoms with Gasteiger partial charge in [-0.1, -0.05) is 25.5 Å². The molecule has 4 atom stereocenters. The maximum atomic E-state index is 11.2. The van der Waals surface area contributed by atoms with Crippen molar-refractivity contribution < 1.29 is 15.3 Å². The van der Waals surface area contributed by atoms with Crippen LogP contribution in [0.4, 0.5) is 0 Å². The van der Waals surface area contributed by atoms with Crippen molar-refractivity contribution in [3.63, 3.8) is 0 Å². The molecule has 22 heavy (non-hydrogen) atoms. The molecule has 1 aliphatic heterocycles. The first-order valence-corrected chi connectivity index (χ1v) is 8.96. The van der Waals surface area contributed by atoms with Gasteiger partial charge in [0.1, 0.15) is 0 Å². The number of ether oxygens (including phenoxy) is 1. The van der Waals surface area contributed by atoms with Crippen molar-refractivity contribution in [2.75, 3.05) is 6.61 Å². The first-order valence-electron chi connectivity index (χ1n) is 8.96. The molecular weight excluding hydrogens is 276 g/mol. The van der Waals surface area contributed by atoms with E-state index in [9.17, 15) is 5.11 Å². The quantitative estimate of drug-likeness (QED) is 0.699. The Morgan fingerprint density at radius 2 is 1.82 bits per heavy atom. The van der Waals surface area contributed by atoms with E-state index in [2.05, 4.69) is 19.9 Å². The molecule has 124 valence electrons. The predicted octanol–water partition coefficient (Wildman–Crippen LogP) is 3.01. The van der Waals surface area contributed by atoms with Gasteiger partial charge in [0.15, 0.2) is 0 Å². The third-order valence-electron chi connectivity index (χ3n) is 8.43. The maximum Gasteiger partial charge on any atom is 0.0941 e. The van der Waals surface area contributed by atoms with Gasteiger partial charge in [-0.3, -0.25) is 0 Å². The number of allylic oxidation sites excluding steroid dienone is 1. The lowest BCUT2D eigenvalue weighted by Crippen LogP contribution is -2.63. The van der Waals surface area contributed by atoms with E-state index in [-0.39, 0.29) is 17.0 Å². The fourth-order valence-electron chi connectivity index (χ4n) is 7.28. The molecule has 6 rings (SSSR count). The Balaban J connectivity index is 0.00000125. The van der Waals surface area contributed by atoms with Crippen molar-refractivity contribution in [2.24, 2.45) is 22.2 Å². The molecule has 0 aromatic heterocycles. The highest BCUT2D eigenvalue weighted by Crippen LogP contribution is 2.74. The van der Waals surface area contributed by atoms with E-state index in [1.165, 1.54) is 44.9 Å². The molecule has 0 amide bonds. The Bertz CT molecular complexity index is 531. The van der Waals surface area contributed by atoms with E-state index < -0.39 is 5.60 Å². The molecule has 3 nitrogen and oxygen atoms in total. The smallest absolute Gasteiger partial charge is 0.0941 e. The molecule has 0 aromatic carbocycles. The van der Waals surface area contributed by atoms with Crippen LogP contribution in [0.2, 0.25) is 0 Å². The largest absolute Gasteiger partial charge is 0.412 e. The van der Waals surface area contributed by atoms with E-state index >= 15 is 0 Å². The SMILES string of the molecule is CC12CCC3(CC1)C(=C[C@H]1OC[C@@]4(O)CCC[C@@]3(C)[C@@H]14)C2.O. The van der Waals surface area contributed by atoms with Crippen LogP contribution in [0.1, 0.15) is 65.2 Å². The van der Waals surface area contributed by atoms with Crippen LogP contribution in [0.5, 0.6) is 0 Å². The van der Waals surface area contributed by atoms with Crippen molar-refractivity contribution >= 4 is 0 Å². The topological polar surface area (TPSA) is 61.0 Å². The number of rotatable bonds is 0. The summed E-state index contributed by atoms with van der Waals surface area (Å²) in [6, 6.07) is 0. The summed E-state index contributed by atoms with van der Waals surface area (Å²) in [6.07, 6.45) is 12.8. The third-order valence-corrected chi connectivity index (χ3v) is 8.43. The molecule has 5 aliphatic carbocycles. The molecule has 6 aliphatic rings. The number of hydrogen-bond donors (Lipinski definition) is 1. The van der Waals surface area contributed by atoms with Crippen LogP contribution in [0.25, 0.3) is 0 Å². The summed E-state index contributed by atoms with van der Waals surface area (Å²) in [5.74, 6) is 0.338. The van der Waals surface area contributed by atoms with Crippen LogP contribution >= 0.6 is 0 Å². The van der Waals surface area contributed by atoms with E-state index in [0.717, 1.165) is 6.42 Å². The first kappa shape index (κ1) is 15.2. The van der Waals surface area contributed by atoms with Crippen LogP contribution < -0.4 is 0 Å². The second-order valence-corrected chi connectivity index (χ2v) is 9.39. The van der Waals surface area contributed by atoms with E-state index in [1.807, 2.05) is 0 Å². The van der Waals surface area contributed by atoms with Gasteiger partial charge in [-0.2, -0.15) is 0 Å². The molecule has 0 unspecified atom stereocenters. The van der Waals surface area contributed by atoms with E-state index in [4.69, 9.17) is 4.74 Å². The van der Waals surface area contributed by atoms with Gasteiger partial charge in [0, 0.05) is 5.92 Å². The van der Waals surface area contributed by atoms with Crippen molar-refractivity contribution in [2.45, 2.75) is 76.9 Å². The predicted molar refractivity (Wildman–Crippen MR) is 85.5 cm³/mol. The van der Waals surface area contributed by atoms with Gasteiger partial charge >= 0.3 is 0 Å². The molecule has 3 N–H and O–H groups in total. The monoisotopic (exact) mass is 306 g/mol. The molecular formula is C19H30O3. The average molecular weight is 306 g/mol. The van der Waals surface area contributed by atoms with Gasteiger partial charge < -0.3 is 15.3 Å². The summed E-state index contributed by atoms with van der Waals surface area (Å²) in [7, 11) is 0. The van der Waals surface area contributed by atoms with Crippen LogP contribution in [-0.2, 0) is 4.74 Å². The highest BCUT2D eigenvalue weighted by Gasteiger charge is 2.69. The van der Waals surface area contributed by atoms with Crippen LogP contribution in [-0.4, -0.2) is 28.9 Å². The Labute approximate surface area is 133 Å². The fraction of sp³-hybridized carbons (Fsp3) is 0.895. The number of hydrogen-bond acceptors (Lipinski definition) is 2. The summed E-state index contributed by atoms with van der Waals surface area (Å²) < 4.78 is 6.10. The van der Waals surface area contributed by atoms with Crippen LogP contribution in [0.3, 0.4) is 0 Å². The van der Waals surface area contributed by atoms with Gasteiger partial charge in [0.05, 0.1) is 18.3 Å². The molecule has 0 radical (unpaired) electrons. The van der Waals surface area contributed by atoms with E-state index in [1.54, 1.807) is 5.57 Å². The lowest BCUT2D eigenvalue weighted by atomic mass is 9.37. The fourth-order valence-corrected chi connectivity index (χ4v) is 7.28. The second kappa shape index (κ2) is 4.17. The van der Waals surface area contributed by atoms with Gasteiger partial charge in [0.25, 0.3) is 0 Å². The molecule has 1 saturated heterocycles. The van der Waals surface area contributed by atoms with Gasteiger partial charge in [-0.25, -0.2) is 0 Å². The highest BCUT2D eigenvalue weighted by molar-refractivity contribution is 5.36. The second-order valence-electron chi connectivity index (χ2n) is 9.39. The minimum absolute atomic E-state index is 0. The van der Waals surface area contributed by atoms with Crippen LogP contribution in [0, 0.1) is 22.2 Å². The number of fused-ring (bicyclic) bond motifs is 2. The molecule has 3 heteroatoms. The van der Waals surface area contributed by atoms with Crippen LogP contribution in [0.15, 0.2) is 11.6 Å². The normalized spacial score (nSPS) is 58.4. The maximum absolute atomic E-state index is 11.2. The minimum Gasteiger partial charge on any atom is -0.412 e. The Morgan fingerprint density at radius 3 is 2.55 bits per heavy atom. The summed E-state index contributed by atoms with van der Waals surface area (Å²) in [5.41, 5.74) is 2.34. The highest BCUT2D eigenvalue weighted by atomic mass is 16.5. The third kappa shape index (κ3) is 1.49. The van der Waals surface area contributed by atoms with E-state index in [0.29, 0.717) is 23.4 Å².